The normalized spacial score (nSPS) is 16.4. The summed E-state index contributed by atoms with van der Waals surface area (Å²) in [7, 11) is 0. The molecule has 144 valence electrons. The molecule has 0 saturated carbocycles. The number of hydrogen-bond donors (Lipinski definition) is 1. The first-order valence-electron chi connectivity index (χ1n) is 9.33. The van der Waals surface area contributed by atoms with Gasteiger partial charge in [-0.25, -0.2) is 9.67 Å². The maximum Gasteiger partial charge on any atom is 0.281 e. The Morgan fingerprint density at radius 2 is 2.15 bits per heavy atom. The summed E-state index contributed by atoms with van der Waals surface area (Å²) in [5, 5.41) is 8.33. The Bertz CT molecular complexity index is 970. The molecule has 8 nitrogen and oxygen atoms in total. The summed E-state index contributed by atoms with van der Waals surface area (Å²) in [6.45, 7) is 6.79. The molecule has 4 heterocycles. The summed E-state index contributed by atoms with van der Waals surface area (Å²) in [6, 6.07) is 4.25. The fraction of sp³-hybridized carbons (Fsp3) is 0.556. The number of fused-ring (bicyclic) bond motifs is 1. The van der Waals surface area contributed by atoms with E-state index in [4.69, 9.17) is 4.42 Å². The number of piperidine rings is 1. The van der Waals surface area contributed by atoms with Gasteiger partial charge in [-0.05, 0) is 37.7 Å². The minimum Gasteiger partial charge on any atom is -0.465 e. The SMILES string of the molecule is CCSCc1nc2c(nnn2C2CCN(Cc3ccc(C)o3)CC2)c(=O)[nH]1. The van der Waals surface area contributed by atoms with E-state index >= 15 is 0 Å². The van der Waals surface area contributed by atoms with Gasteiger partial charge in [-0.1, -0.05) is 12.1 Å². The highest BCUT2D eigenvalue weighted by atomic mass is 32.2. The van der Waals surface area contributed by atoms with Crippen molar-refractivity contribution in [2.24, 2.45) is 0 Å². The van der Waals surface area contributed by atoms with Gasteiger partial charge in [-0.15, -0.1) is 5.10 Å². The van der Waals surface area contributed by atoms with Crippen LogP contribution in [0.5, 0.6) is 0 Å². The number of nitrogens with zero attached hydrogens (tertiary/aromatic N) is 5. The largest absolute Gasteiger partial charge is 0.465 e. The number of aromatic nitrogens is 5. The van der Waals surface area contributed by atoms with E-state index < -0.39 is 0 Å². The van der Waals surface area contributed by atoms with Gasteiger partial charge in [0, 0.05) is 13.1 Å². The first-order chi connectivity index (χ1) is 13.1. The third kappa shape index (κ3) is 3.93. The van der Waals surface area contributed by atoms with E-state index in [1.807, 2.05) is 23.7 Å². The van der Waals surface area contributed by atoms with E-state index in [1.54, 1.807) is 11.8 Å². The van der Waals surface area contributed by atoms with Gasteiger partial charge >= 0.3 is 0 Å². The topological polar surface area (TPSA) is 92.8 Å². The summed E-state index contributed by atoms with van der Waals surface area (Å²) in [6.07, 6.45) is 1.90. The fourth-order valence-corrected chi connectivity index (χ4v) is 4.05. The fourth-order valence-electron chi connectivity index (χ4n) is 3.51. The molecule has 0 radical (unpaired) electrons. The third-order valence-electron chi connectivity index (χ3n) is 4.90. The van der Waals surface area contributed by atoms with Crippen molar-refractivity contribution in [1.82, 2.24) is 29.9 Å². The molecule has 0 bridgehead atoms. The van der Waals surface area contributed by atoms with E-state index in [1.165, 1.54) is 0 Å². The molecule has 1 aliphatic heterocycles. The van der Waals surface area contributed by atoms with E-state index in [0.29, 0.717) is 22.7 Å². The molecule has 0 unspecified atom stereocenters. The number of likely N-dealkylation sites (tertiary alicyclic amines) is 1. The van der Waals surface area contributed by atoms with Crippen LogP contribution in [0, 0.1) is 6.92 Å². The second-order valence-electron chi connectivity index (χ2n) is 6.88. The molecule has 1 aliphatic rings. The monoisotopic (exact) mass is 388 g/mol. The van der Waals surface area contributed by atoms with Crippen molar-refractivity contribution in [1.29, 1.82) is 0 Å². The summed E-state index contributed by atoms with van der Waals surface area (Å²) in [5.41, 5.74) is 0.725. The number of H-pyrrole nitrogens is 1. The number of aryl methyl sites for hydroxylation is 1. The number of nitrogens with one attached hydrogen (secondary N) is 1. The van der Waals surface area contributed by atoms with Crippen LogP contribution in [0.2, 0.25) is 0 Å². The van der Waals surface area contributed by atoms with Crippen LogP contribution in [0.15, 0.2) is 21.3 Å². The predicted octanol–water partition coefficient (Wildman–Crippen LogP) is 2.51. The molecule has 27 heavy (non-hydrogen) atoms. The highest BCUT2D eigenvalue weighted by Crippen LogP contribution is 2.25. The van der Waals surface area contributed by atoms with Crippen molar-refractivity contribution in [3.8, 4) is 0 Å². The lowest BCUT2D eigenvalue weighted by Crippen LogP contribution is -2.34. The maximum atomic E-state index is 12.3. The zero-order valence-electron chi connectivity index (χ0n) is 15.6. The molecule has 0 aromatic carbocycles. The van der Waals surface area contributed by atoms with Crippen LogP contribution in [0.4, 0.5) is 0 Å². The van der Waals surface area contributed by atoms with E-state index in [2.05, 4.69) is 32.1 Å². The zero-order chi connectivity index (χ0) is 18.8. The molecular weight excluding hydrogens is 364 g/mol. The Labute approximate surface area is 161 Å². The Morgan fingerprint density at radius 1 is 1.33 bits per heavy atom. The molecule has 1 N–H and O–H groups in total. The Balaban J connectivity index is 1.48. The van der Waals surface area contributed by atoms with E-state index in [0.717, 1.165) is 49.7 Å². The van der Waals surface area contributed by atoms with Gasteiger partial charge in [0.25, 0.3) is 5.56 Å². The van der Waals surface area contributed by atoms with Crippen molar-refractivity contribution < 1.29 is 4.42 Å². The van der Waals surface area contributed by atoms with E-state index in [9.17, 15) is 4.79 Å². The quantitative estimate of drug-likeness (QED) is 0.693. The van der Waals surface area contributed by atoms with Crippen LogP contribution in [0.25, 0.3) is 11.2 Å². The number of furan rings is 1. The van der Waals surface area contributed by atoms with Gasteiger partial charge in [-0.2, -0.15) is 11.8 Å². The van der Waals surface area contributed by atoms with Crippen molar-refractivity contribution >= 4 is 22.9 Å². The van der Waals surface area contributed by atoms with Gasteiger partial charge < -0.3 is 9.40 Å². The van der Waals surface area contributed by atoms with Crippen molar-refractivity contribution in [3.63, 3.8) is 0 Å². The molecule has 0 spiro atoms. The molecule has 3 aromatic rings. The Morgan fingerprint density at radius 3 is 2.85 bits per heavy atom. The molecule has 0 amide bonds. The second kappa shape index (κ2) is 7.85. The van der Waals surface area contributed by atoms with Crippen molar-refractivity contribution in [3.05, 3.63) is 39.8 Å². The van der Waals surface area contributed by atoms with Gasteiger partial charge in [0.1, 0.15) is 17.3 Å². The van der Waals surface area contributed by atoms with E-state index in [-0.39, 0.29) is 11.6 Å². The van der Waals surface area contributed by atoms with Crippen LogP contribution in [-0.2, 0) is 12.3 Å². The Kier molecular flexibility index (Phi) is 5.31. The highest BCUT2D eigenvalue weighted by Gasteiger charge is 2.25. The Hall–Kier alpha value is -2.13. The maximum absolute atomic E-state index is 12.3. The number of hydrogen-bond acceptors (Lipinski definition) is 7. The lowest BCUT2D eigenvalue weighted by molar-refractivity contribution is 0.163. The van der Waals surface area contributed by atoms with Crippen LogP contribution in [0.3, 0.4) is 0 Å². The summed E-state index contributed by atoms with van der Waals surface area (Å²) in [4.78, 5) is 22.1. The van der Waals surface area contributed by atoms with Crippen molar-refractivity contribution in [2.75, 3.05) is 18.8 Å². The third-order valence-corrected chi connectivity index (χ3v) is 5.79. The molecule has 4 rings (SSSR count). The van der Waals surface area contributed by atoms with Crippen LogP contribution < -0.4 is 5.56 Å². The van der Waals surface area contributed by atoms with Crippen molar-refractivity contribution in [2.45, 2.75) is 45.0 Å². The lowest BCUT2D eigenvalue weighted by Gasteiger charge is -2.31. The molecule has 0 atom stereocenters. The molecule has 0 aliphatic carbocycles. The number of rotatable bonds is 6. The first kappa shape index (κ1) is 18.2. The van der Waals surface area contributed by atoms with Crippen LogP contribution in [0.1, 0.15) is 43.2 Å². The standard InChI is InChI=1S/C18H24N6O2S/c1-3-27-11-15-19-17-16(18(25)20-15)21-22-24(17)13-6-8-23(9-7-13)10-14-5-4-12(2)26-14/h4-5,13H,3,6-11H2,1-2H3,(H,19,20,25). The van der Waals surface area contributed by atoms with Crippen LogP contribution in [-0.4, -0.2) is 48.7 Å². The van der Waals surface area contributed by atoms with Gasteiger partial charge in [-0.3, -0.25) is 9.69 Å². The predicted molar refractivity (Wildman–Crippen MR) is 105 cm³/mol. The van der Waals surface area contributed by atoms with Gasteiger partial charge in [0.05, 0.1) is 18.3 Å². The number of aromatic amines is 1. The average Bonchev–Trinajstić information content (AvgIpc) is 3.27. The molecule has 9 heteroatoms. The minimum absolute atomic E-state index is 0.205. The molecule has 3 aromatic heterocycles. The number of thioether (sulfide) groups is 1. The highest BCUT2D eigenvalue weighted by molar-refractivity contribution is 7.98. The first-order valence-corrected chi connectivity index (χ1v) is 10.5. The summed E-state index contributed by atoms with van der Waals surface area (Å²) in [5.74, 6) is 4.31. The minimum atomic E-state index is -0.205. The molecular formula is C18H24N6O2S. The second-order valence-corrected chi connectivity index (χ2v) is 8.15. The van der Waals surface area contributed by atoms with Gasteiger partial charge in [0.15, 0.2) is 11.2 Å². The smallest absolute Gasteiger partial charge is 0.281 e. The average molecular weight is 388 g/mol. The summed E-state index contributed by atoms with van der Waals surface area (Å²) < 4.78 is 7.53. The molecule has 1 saturated heterocycles. The lowest BCUT2D eigenvalue weighted by atomic mass is 10.1. The summed E-state index contributed by atoms with van der Waals surface area (Å²) >= 11 is 1.73. The molecule has 1 fully saturated rings. The van der Waals surface area contributed by atoms with Crippen LogP contribution >= 0.6 is 11.8 Å². The zero-order valence-corrected chi connectivity index (χ0v) is 16.5. The van der Waals surface area contributed by atoms with Gasteiger partial charge in [0.2, 0.25) is 0 Å².